The Labute approximate surface area is 102 Å². The van der Waals surface area contributed by atoms with Crippen LogP contribution in [0.2, 0.25) is 0 Å². The van der Waals surface area contributed by atoms with Crippen molar-refractivity contribution in [1.82, 2.24) is 0 Å². The first kappa shape index (κ1) is 19.8. The Kier molecular flexibility index (Phi) is 17.6. The maximum atomic E-state index is 10.1. The number of nitrogens with zero attached hydrogens (tertiary/aromatic N) is 1. The van der Waals surface area contributed by atoms with E-state index in [0.717, 1.165) is 12.8 Å². The molecule has 0 aliphatic carbocycles. The van der Waals surface area contributed by atoms with Crippen LogP contribution in [0.3, 0.4) is 0 Å². The van der Waals surface area contributed by atoms with Crippen LogP contribution >= 0.6 is 0 Å². The van der Waals surface area contributed by atoms with Crippen LogP contribution in [0.4, 0.5) is 0 Å². The van der Waals surface area contributed by atoms with Crippen LogP contribution in [-0.4, -0.2) is 28.7 Å². The predicted molar refractivity (Wildman–Crippen MR) is 48.9 cm³/mol. The van der Waals surface area contributed by atoms with E-state index in [2.05, 4.69) is 0 Å². The molecule has 9 heteroatoms. The fourth-order valence-electron chi connectivity index (χ4n) is 0.632. The Morgan fingerprint density at radius 1 is 1.40 bits per heavy atom. The van der Waals surface area contributed by atoms with E-state index in [1.54, 1.807) is 0 Å². The number of unbranched alkanes of at least 4 members (excludes halogenated alkanes) is 1. The molecule has 0 radical (unpaired) electrons. The van der Waals surface area contributed by atoms with Gasteiger partial charge in [-0.1, -0.05) is 6.42 Å². The summed E-state index contributed by atoms with van der Waals surface area (Å²) in [5.41, 5.74) is 10.4. The molecular weight excluding hydrogens is 302 g/mol. The van der Waals surface area contributed by atoms with Crippen LogP contribution in [0.15, 0.2) is 0 Å². The molecule has 0 fully saturated rings. The molecule has 5 N–H and O–H groups in total. The normalized spacial score (nSPS) is 10.3. The molecule has 1 atom stereocenters. The smallest absolute Gasteiger partial charge is 0.480 e. The molecule has 0 unspecified atom stereocenters. The van der Waals surface area contributed by atoms with Gasteiger partial charge in [-0.05, 0) is 19.4 Å². The summed E-state index contributed by atoms with van der Waals surface area (Å²) in [6, 6.07) is -0.716. The minimum atomic E-state index is -1.75. The van der Waals surface area contributed by atoms with Crippen LogP contribution in [0, 0.1) is 15.3 Å². The monoisotopic (exact) mass is 315 g/mol. The third-order valence-electron chi connectivity index (χ3n) is 1.29. The number of carboxylic acid groups (broad SMARTS) is 1. The van der Waals surface area contributed by atoms with Gasteiger partial charge in [0.2, 0.25) is 0 Å². The molecule has 0 rings (SSSR count). The molecular formula is C6H14AgN3O5. The molecule has 0 aromatic carbocycles. The number of carboxylic acids is 1. The Balaban J connectivity index is -0.000000249. The van der Waals surface area contributed by atoms with E-state index in [9.17, 15) is 4.79 Å². The summed E-state index contributed by atoms with van der Waals surface area (Å²) in [7, 11) is 0. The van der Waals surface area contributed by atoms with Gasteiger partial charge in [0.25, 0.3) is 0 Å². The van der Waals surface area contributed by atoms with Crippen molar-refractivity contribution in [1.29, 1.82) is 0 Å². The van der Waals surface area contributed by atoms with Crippen molar-refractivity contribution in [2.45, 2.75) is 25.3 Å². The Morgan fingerprint density at radius 2 is 1.80 bits per heavy atom. The number of hydrogen-bond acceptors (Lipinski definition) is 6. The van der Waals surface area contributed by atoms with E-state index in [0.29, 0.717) is 13.0 Å². The quantitative estimate of drug-likeness (QED) is 0.262. The van der Waals surface area contributed by atoms with Gasteiger partial charge in [0.15, 0.2) is 0 Å². The number of nitrogens with two attached hydrogens (primary N) is 2. The molecule has 0 saturated carbocycles. The van der Waals surface area contributed by atoms with Crippen molar-refractivity contribution in [2.24, 2.45) is 11.5 Å². The van der Waals surface area contributed by atoms with Gasteiger partial charge in [0.1, 0.15) is 6.04 Å². The van der Waals surface area contributed by atoms with Crippen molar-refractivity contribution < 1.29 is 37.4 Å². The van der Waals surface area contributed by atoms with Crippen molar-refractivity contribution in [3.8, 4) is 0 Å². The van der Waals surface area contributed by atoms with Gasteiger partial charge < -0.3 is 31.9 Å². The zero-order valence-electron chi connectivity index (χ0n) is 7.89. The number of aliphatic carboxylic acids is 1. The molecule has 0 aliphatic heterocycles. The van der Waals surface area contributed by atoms with Gasteiger partial charge in [-0.15, -0.1) is 0 Å². The summed E-state index contributed by atoms with van der Waals surface area (Å²) in [6.45, 7) is 0.604. The average molecular weight is 316 g/mol. The maximum Gasteiger partial charge on any atom is 1.00 e. The van der Waals surface area contributed by atoms with Gasteiger partial charge in [-0.25, -0.2) is 0 Å². The molecule has 0 aromatic heterocycles. The topological polar surface area (TPSA) is 156 Å². The van der Waals surface area contributed by atoms with E-state index in [-0.39, 0.29) is 22.4 Å². The van der Waals surface area contributed by atoms with Gasteiger partial charge in [0.05, 0.1) is 5.09 Å². The summed E-state index contributed by atoms with van der Waals surface area (Å²) in [4.78, 5) is 18.4. The first-order chi connectivity index (χ1) is 6.41. The number of rotatable bonds is 5. The Bertz CT molecular complexity index is 176. The summed E-state index contributed by atoms with van der Waals surface area (Å²) in [5.74, 6) is -0.933. The molecule has 0 aliphatic rings. The molecule has 8 nitrogen and oxygen atoms in total. The summed E-state index contributed by atoms with van der Waals surface area (Å²) < 4.78 is 0. The van der Waals surface area contributed by atoms with Gasteiger partial charge in [-0.2, -0.15) is 0 Å². The Morgan fingerprint density at radius 3 is 2.07 bits per heavy atom. The van der Waals surface area contributed by atoms with Crippen LogP contribution in [0.1, 0.15) is 19.3 Å². The fraction of sp³-hybridized carbons (Fsp3) is 0.833. The summed E-state index contributed by atoms with van der Waals surface area (Å²) in [6.07, 6.45) is 2.16. The molecule has 15 heavy (non-hydrogen) atoms. The number of carbonyl (C=O) groups is 1. The molecule has 0 saturated heterocycles. The van der Waals surface area contributed by atoms with Crippen LogP contribution in [-0.2, 0) is 27.2 Å². The van der Waals surface area contributed by atoms with Crippen molar-refractivity contribution in [3.63, 3.8) is 0 Å². The second kappa shape index (κ2) is 13.3. The van der Waals surface area contributed by atoms with E-state index in [1.165, 1.54) is 0 Å². The SMILES string of the molecule is NCCCC[C@H](N)C(=O)O.O=[N+]([O-])[O-].[Ag+]. The third kappa shape index (κ3) is 24.7. The fourth-order valence-corrected chi connectivity index (χ4v) is 0.632. The molecule has 0 heterocycles. The zero-order valence-corrected chi connectivity index (χ0v) is 9.37. The second-order valence-corrected chi connectivity index (χ2v) is 2.45. The minimum absolute atomic E-state index is 0. The molecule has 0 aromatic rings. The molecule has 0 spiro atoms. The first-order valence-corrected chi connectivity index (χ1v) is 3.91. The predicted octanol–water partition coefficient (Wildman–Crippen LogP) is -0.714. The van der Waals surface area contributed by atoms with Crippen LogP contribution < -0.4 is 11.5 Å². The first-order valence-electron chi connectivity index (χ1n) is 3.91. The zero-order chi connectivity index (χ0) is 11.6. The largest absolute Gasteiger partial charge is 1.00 e. The third-order valence-corrected chi connectivity index (χ3v) is 1.29. The molecule has 0 amide bonds. The van der Waals surface area contributed by atoms with E-state index in [4.69, 9.17) is 31.9 Å². The maximum absolute atomic E-state index is 10.1. The standard InChI is InChI=1S/C6H14N2O2.Ag.NO3/c7-4-2-1-3-5(8)6(9)10;;2-1(3)4/h5H,1-4,7-8H2,(H,9,10);;/q;+1;-1/t5-;;/m0../s1. The Hall–Kier alpha value is -0.670. The van der Waals surface area contributed by atoms with E-state index in [1.807, 2.05) is 0 Å². The van der Waals surface area contributed by atoms with Gasteiger partial charge in [0, 0.05) is 0 Å². The summed E-state index contributed by atoms with van der Waals surface area (Å²) >= 11 is 0. The average Bonchev–Trinajstić information content (AvgIpc) is 2.03. The number of hydrogen-bond donors (Lipinski definition) is 3. The van der Waals surface area contributed by atoms with Gasteiger partial charge >= 0.3 is 28.3 Å². The van der Waals surface area contributed by atoms with Crippen molar-refractivity contribution in [3.05, 3.63) is 15.3 Å². The van der Waals surface area contributed by atoms with Crippen LogP contribution in [0.5, 0.6) is 0 Å². The second-order valence-electron chi connectivity index (χ2n) is 2.45. The van der Waals surface area contributed by atoms with E-state index >= 15 is 0 Å². The minimum Gasteiger partial charge on any atom is -0.480 e. The van der Waals surface area contributed by atoms with E-state index < -0.39 is 17.1 Å². The molecule has 0 bridgehead atoms. The van der Waals surface area contributed by atoms with Crippen molar-refractivity contribution >= 4 is 5.97 Å². The van der Waals surface area contributed by atoms with Crippen LogP contribution in [0.25, 0.3) is 0 Å². The van der Waals surface area contributed by atoms with Crippen molar-refractivity contribution in [2.75, 3.05) is 6.54 Å². The molecule has 94 valence electrons. The summed E-state index contributed by atoms with van der Waals surface area (Å²) in [5, 5.41) is 23.1. The van der Waals surface area contributed by atoms with Gasteiger partial charge in [-0.3, -0.25) is 4.79 Å².